The zero-order valence-corrected chi connectivity index (χ0v) is 13.8. The summed E-state index contributed by atoms with van der Waals surface area (Å²) in [6.07, 6.45) is -0.591. The average molecular weight is 322 g/mol. The molecule has 0 unspecified atom stereocenters. The lowest BCUT2D eigenvalue weighted by Crippen LogP contribution is -2.30. The van der Waals surface area contributed by atoms with Crippen molar-refractivity contribution in [2.45, 2.75) is 32.6 Å². The molecule has 22 heavy (non-hydrogen) atoms. The number of aliphatic hydroxyl groups is 1. The SMILES string of the molecule is CC(C)[C@H](O)[C@H](N)c1ccccc1OCc1ccccc1.Cl. The van der Waals surface area contributed by atoms with Gasteiger partial charge >= 0.3 is 0 Å². The monoisotopic (exact) mass is 321 g/mol. The van der Waals surface area contributed by atoms with Gasteiger partial charge in [-0.05, 0) is 17.5 Å². The maximum Gasteiger partial charge on any atom is 0.124 e. The smallest absolute Gasteiger partial charge is 0.124 e. The molecule has 0 aliphatic rings. The third-order valence-electron chi connectivity index (χ3n) is 3.57. The first-order valence-corrected chi connectivity index (χ1v) is 7.29. The standard InChI is InChI=1S/C18H23NO2.ClH/c1-13(2)18(20)17(19)15-10-6-7-11-16(15)21-12-14-8-4-3-5-9-14;/h3-11,13,17-18,20H,12,19H2,1-2H3;1H/t17-,18+;/m1./s1. The molecule has 0 aromatic heterocycles. The Morgan fingerprint density at radius 1 is 1.00 bits per heavy atom. The average Bonchev–Trinajstić information content (AvgIpc) is 2.52. The molecule has 0 aliphatic heterocycles. The van der Waals surface area contributed by atoms with Crippen LogP contribution in [-0.4, -0.2) is 11.2 Å². The van der Waals surface area contributed by atoms with Gasteiger partial charge in [0.2, 0.25) is 0 Å². The number of benzene rings is 2. The van der Waals surface area contributed by atoms with Crippen molar-refractivity contribution in [1.82, 2.24) is 0 Å². The lowest BCUT2D eigenvalue weighted by Gasteiger charge is -2.24. The van der Waals surface area contributed by atoms with Crippen LogP contribution in [0.2, 0.25) is 0 Å². The molecule has 4 heteroatoms. The summed E-state index contributed by atoms with van der Waals surface area (Å²) in [7, 11) is 0. The minimum absolute atomic E-state index is 0. The third kappa shape index (κ3) is 4.73. The molecule has 2 rings (SSSR count). The second-order valence-electron chi connectivity index (χ2n) is 5.57. The van der Waals surface area contributed by atoms with Gasteiger partial charge in [0.15, 0.2) is 0 Å². The molecule has 3 N–H and O–H groups in total. The summed E-state index contributed by atoms with van der Waals surface area (Å²) in [6, 6.07) is 17.2. The van der Waals surface area contributed by atoms with E-state index in [-0.39, 0.29) is 18.3 Å². The van der Waals surface area contributed by atoms with E-state index in [4.69, 9.17) is 10.5 Å². The number of hydrogen-bond acceptors (Lipinski definition) is 3. The highest BCUT2D eigenvalue weighted by Crippen LogP contribution is 2.28. The number of aliphatic hydroxyl groups excluding tert-OH is 1. The second-order valence-corrected chi connectivity index (χ2v) is 5.57. The highest BCUT2D eigenvalue weighted by molar-refractivity contribution is 5.85. The second kappa shape index (κ2) is 8.79. The van der Waals surface area contributed by atoms with E-state index in [1.54, 1.807) is 0 Å². The Hall–Kier alpha value is -1.55. The molecule has 0 amide bonds. The fraction of sp³-hybridized carbons (Fsp3) is 0.333. The molecular formula is C18H24ClNO2. The first kappa shape index (κ1) is 18.5. The van der Waals surface area contributed by atoms with Gasteiger partial charge in [-0.15, -0.1) is 12.4 Å². The first-order valence-electron chi connectivity index (χ1n) is 7.29. The van der Waals surface area contributed by atoms with E-state index < -0.39 is 12.1 Å². The fourth-order valence-corrected chi connectivity index (χ4v) is 2.22. The number of ether oxygens (including phenoxy) is 1. The highest BCUT2D eigenvalue weighted by atomic mass is 35.5. The molecule has 2 atom stereocenters. The minimum Gasteiger partial charge on any atom is -0.489 e. The van der Waals surface area contributed by atoms with Crippen LogP contribution in [0.3, 0.4) is 0 Å². The first-order chi connectivity index (χ1) is 10.1. The van der Waals surface area contributed by atoms with Crippen molar-refractivity contribution in [3.63, 3.8) is 0 Å². The van der Waals surface area contributed by atoms with E-state index >= 15 is 0 Å². The molecule has 2 aromatic carbocycles. The number of halogens is 1. The van der Waals surface area contributed by atoms with Crippen molar-refractivity contribution in [2.75, 3.05) is 0 Å². The number of rotatable bonds is 6. The highest BCUT2D eigenvalue weighted by Gasteiger charge is 2.22. The van der Waals surface area contributed by atoms with Crippen molar-refractivity contribution in [2.24, 2.45) is 11.7 Å². The molecule has 0 fully saturated rings. The Balaban J connectivity index is 0.00000242. The van der Waals surface area contributed by atoms with E-state index in [0.717, 1.165) is 16.9 Å². The topological polar surface area (TPSA) is 55.5 Å². The maximum atomic E-state index is 10.2. The number of hydrogen-bond donors (Lipinski definition) is 2. The third-order valence-corrected chi connectivity index (χ3v) is 3.57. The molecule has 0 saturated carbocycles. The van der Waals surface area contributed by atoms with Gasteiger partial charge in [-0.3, -0.25) is 0 Å². The van der Waals surface area contributed by atoms with E-state index in [0.29, 0.717) is 6.61 Å². The summed E-state index contributed by atoms with van der Waals surface area (Å²) in [5.41, 5.74) is 8.12. The molecule has 0 saturated heterocycles. The van der Waals surface area contributed by atoms with E-state index in [2.05, 4.69) is 0 Å². The zero-order valence-electron chi connectivity index (χ0n) is 13.0. The lowest BCUT2D eigenvalue weighted by atomic mass is 9.94. The van der Waals surface area contributed by atoms with E-state index in [1.165, 1.54) is 0 Å². The van der Waals surface area contributed by atoms with Gasteiger partial charge in [0.25, 0.3) is 0 Å². The summed E-state index contributed by atoms with van der Waals surface area (Å²) >= 11 is 0. The van der Waals surface area contributed by atoms with Crippen LogP contribution in [0.15, 0.2) is 54.6 Å². The van der Waals surface area contributed by atoms with Gasteiger partial charge in [0, 0.05) is 5.56 Å². The van der Waals surface area contributed by atoms with Crippen LogP contribution in [0.25, 0.3) is 0 Å². The zero-order chi connectivity index (χ0) is 15.2. The van der Waals surface area contributed by atoms with Crippen LogP contribution in [0.5, 0.6) is 5.75 Å². The summed E-state index contributed by atoms with van der Waals surface area (Å²) in [5, 5.41) is 10.2. The fourth-order valence-electron chi connectivity index (χ4n) is 2.22. The van der Waals surface area contributed by atoms with Crippen molar-refractivity contribution >= 4 is 12.4 Å². The molecule has 0 aliphatic carbocycles. The Morgan fingerprint density at radius 3 is 2.23 bits per heavy atom. The maximum absolute atomic E-state index is 10.2. The summed E-state index contributed by atoms with van der Waals surface area (Å²) in [5.74, 6) is 0.829. The quantitative estimate of drug-likeness (QED) is 0.853. The van der Waals surface area contributed by atoms with Crippen molar-refractivity contribution in [1.29, 1.82) is 0 Å². The van der Waals surface area contributed by atoms with Gasteiger partial charge < -0.3 is 15.6 Å². The largest absolute Gasteiger partial charge is 0.489 e. The Kier molecular flexibility index (Phi) is 7.39. The number of para-hydroxylation sites is 1. The van der Waals surface area contributed by atoms with Gasteiger partial charge in [-0.25, -0.2) is 0 Å². The normalized spacial score (nSPS) is 13.3. The lowest BCUT2D eigenvalue weighted by molar-refractivity contribution is 0.0965. The summed E-state index contributed by atoms with van der Waals surface area (Å²) < 4.78 is 5.88. The molecule has 3 nitrogen and oxygen atoms in total. The molecule has 2 aromatic rings. The van der Waals surface area contributed by atoms with E-state index in [9.17, 15) is 5.11 Å². The Morgan fingerprint density at radius 2 is 1.59 bits per heavy atom. The molecule has 0 heterocycles. The molecule has 0 bridgehead atoms. The van der Waals surface area contributed by atoms with Crippen LogP contribution in [-0.2, 0) is 6.61 Å². The van der Waals surface area contributed by atoms with Crippen LogP contribution < -0.4 is 10.5 Å². The van der Waals surface area contributed by atoms with Gasteiger partial charge in [0.05, 0.1) is 12.1 Å². The van der Waals surface area contributed by atoms with Gasteiger partial charge in [0.1, 0.15) is 12.4 Å². The van der Waals surface area contributed by atoms with Crippen LogP contribution in [0.4, 0.5) is 0 Å². The van der Waals surface area contributed by atoms with E-state index in [1.807, 2.05) is 68.4 Å². The Bertz CT molecular complexity index is 560. The van der Waals surface area contributed by atoms with Crippen LogP contribution >= 0.6 is 12.4 Å². The Labute approximate surface area is 138 Å². The van der Waals surface area contributed by atoms with Crippen molar-refractivity contribution in [3.05, 3.63) is 65.7 Å². The van der Waals surface area contributed by atoms with Gasteiger partial charge in [-0.2, -0.15) is 0 Å². The molecule has 120 valence electrons. The van der Waals surface area contributed by atoms with Crippen molar-refractivity contribution < 1.29 is 9.84 Å². The number of nitrogens with two attached hydrogens (primary N) is 1. The molecular weight excluding hydrogens is 298 g/mol. The van der Waals surface area contributed by atoms with Gasteiger partial charge in [-0.1, -0.05) is 62.4 Å². The minimum atomic E-state index is -0.591. The van der Waals surface area contributed by atoms with Crippen molar-refractivity contribution in [3.8, 4) is 5.75 Å². The molecule has 0 spiro atoms. The van der Waals surface area contributed by atoms with Crippen LogP contribution in [0, 0.1) is 5.92 Å². The summed E-state index contributed by atoms with van der Waals surface area (Å²) in [6.45, 7) is 4.40. The van der Waals surface area contributed by atoms with Crippen LogP contribution in [0.1, 0.15) is 31.0 Å². The predicted octanol–water partition coefficient (Wildman–Crippen LogP) is 3.70. The predicted molar refractivity (Wildman–Crippen MR) is 92.2 cm³/mol. The summed E-state index contributed by atoms with van der Waals surface area (Å²) in [4.78, 5) is 0. The molecule has 0 radical (unpaired) electrons.